The maximum absolute atomic E-state index is 6.03. The summed E-state index contributed by atoms with van der Waals surface area (Å²) in [4.78, 5) is 9.24. The first-order valence-corrected chi connectivity index (χ1v) is 8.47. The van der Waals surface area contributed by atoms with Crippen LogP contribution in [-0.4, -0.2) is 9.97 Å². The molecule has 1 aromatic carbocycles. The van der Waals surface area contributed by atoms with Crippen LogP contribution < -0.4 is 4.74 Å². The standard InChI is InChI=1S/C15H12BrClN2OS/c1-8(2)11-7-9(16)3-4-12(11)20-13-10-5-6-21-14(10)19-15(17)18-13/h3-8H,1-2H3. The fourth-order valence-corrected chi connectivity index (χ4v) is 3.39. The summed E-state index contributed by atoms with van der Waals surface area (Å²) in [5, 5.41) is 3.03. The first kappa shape index (κ1) is 14.8. The molecule has 0 N–H and O–H groups in total. The summed E-state index contributed by atoms with van der Waals surface area (Å²) >= 11 is 11.0. The third kappa shape index (κ3) is 3.05. The van der Waals surface area contributed by atoms with Gasteiger partial charge in [0.1, 0.15) is 10.6 Å². The smallest absolute Gasteiger partial charge is 0.232 e. The fraction of sp³-hybridized carbons (Fsp3) is 0.200. The molecule has 0 aliphatic heterocycles. The number of rotatable bonds is 3. The van der Waals surface area contributed by atoms with E-state index >= 15 is 0 Å². The molecule has 0 aliphatic rings. The Morgan fingerprint density at radius 1 is 1.24 bits per heavy atom. The molecule has 6 heteroatoms. The van der Waals surface area contributed by atoms with E-state index in [1.165, 1.54) is 11.3 Å². The van der Waals surface area contributed by atoms with Crippen molar-refractivity contribution in [1.82, 2.24) is 9.97 Å². The Kier molecular flexibility index (Phi) is 4.15. The molecule has 0 saturated heterocycles. The summed E-state index contributed by atoms with van der Waals surface area (Å²) in [6, 6.07) is 7.90. The third-order valence-corrected chi connectivity index (χ3v) is 4.53. The van der Waals surface area contributed by atoms with Gasteiger partial charge < -0.3 is 4.74 Å². The van der Waals surface area contributed by atoms with Gasteiger partial charge in [0, 0.05) is 4.47 Å². The minimum atomic E-state index is 0.197. The number of fused-ring (bicyclic) bond motifs is 1. The van der Waals surface area contributed by atoms with Gasteiger partial charge >= 0.3 is 0 Å². The lowest BCUT2D eigenvalue weighted by Crippen LogP contribution is -1.96. The van der Waals surface area contributed by atoms with Crippen LogP contribution >= 0.6 is 38.9 Å². The van der Waals surface area contributed by atoms with Crippen molar-refractivity contribution in [2.75, 3.05) is 0 Å². The number of hydrogen-bond donors (Lipinski definition) is 0. The SMILES string of the molecule is CC(C)c1cc(Br)ccc1Oc1nc(Cl)nc2sccc12. The van der Waals surface area contributed by atoms with E-state index < -0.39 is 0 Å². The van der Waals surface area contributed by atoms with Crippen LogP contribution in [0.4, 0.5) is 0 Å². The number of benzene rings is 1. The molecule has 108 valence electrons. The van der Waals surface area contributed by atoms with E-state index in [-0.39, 0.29) is 5.28 Å². The largest absolute Gasteiger partial charge is 0.438 e. The van der Waals surface area contributed by atoms with Gasteiger partial charge in [-0.25, -0.2) is 4.98 Å². The molecule has 0 bridgehead atoms. The minimum absolute atomic E-state index is 0.197. The Morgan fingerprint density at radius 2 is 2.05 bits per heavy atom. The zero-order valence-corrected chi connectivity index (χ0v) is 14.6. The second-order valence-electron chi connectivity index (χ2n) is 4.88. The molecule has 0 amide bonds. The molecule has 0 atom stereocenters. The van der Waals surface area contributed by atoms with Gasteiger partial charge in [-0.3, -0.25) is 0 Å². The number of ether oxygens (including phenoxy) is 1. The van der Waals surface area contributed by atoms with Crippen molar-refractivity contribution < 1.29 is 4.74 Å². The number of aromatic nitrogens is 2. The highest BCUT2D eigenvalue weighted by Gasteiger charge is 2.14. The van der Waals surface area contributed by atoms with Crippen molar-refractivity contribution >= 4 is 49.1 Å². The Hall–Kier alpha value is -1.17. The van der Waals surface area contributed by atoms with E-state index in [2.05, 4.69) is 45.8 Å². The molecule has 21 heavy (non-hydrogen) atoms. The van der Waals surface area contributed by atoms with Crippen LogP contribution in [0.3, 0.4) is 0 Å². The molecule has 3 nitrogen and oxygen atoms in total. The number of hydrogen-bond acceptors (Lipinski definition) is 4. The third-order valence-electron chi connectivity index (χ3n) is 3.06. The zero-order chi connectivity index (χ0) is 15.0. The second-order valence-corrected chi connectivity index (χ2v) is 7.02. The molecule has 3 rings (SSSR count). The van der Waals surface area contributed by atoms with Crippen LogP contribution in [0.5, 0.6) is 11.6 Å². The first-order valence-electron chi connectivity index (χ1n) is 6.42. The summed E-state index contributed by atoms with van der Waals surface area (Å²) in [6.45, 7) is 4.25. The summed E-state index contributed by atoms with van der Waals surface area (Å²) < 4.78 is 7.06. The quantitative estimate of drug-likeness (QED) is 0.518. The van der Waals surface area contributed by atoms with Crippen molar-refractivity contribution in [3.8, 4) is 11.6 Å². The highest BCUT2D eigenvalue weighted by molar-refractivity contribution is 9.10. The van der Waals surface area contributed by atoms with Crippen LogP contribution in [0.25, 0.3) is 10.2 Å². The van der Waals surface area contributed by atoms with E-state index in [0.717, 1.165) is 26.0 Å². The highest BCUT2D eigenvalue weighted by Crippen LogP contribution is 2.36. The highest BCUT2D eigenvalue weighted by atomic mass is 79.9. The molecule has 0 unspecified atom stereocenters. The zero-order valence-electron chi connectivity index (χ0n) is 11.4. The Labute approximate surface area is 140 Å². The first-order chi connectivity index (χ1) is 10.0. The van der Waals surface area contributed by atoms with Crippen molar-refractivity contribution in [3.05, 3.63) is 45.0 Å². The van der Waals surface area contributed by atoms with Gasteiger partial charge in [0.2, 0.25) is 11.2 Å². The number of thiophene rings is 1. The van der Waals surface area contributed by atoms with Gasteiger partial charge in [-0.15, -0.1) is 11.3 Å². The van der Waals surface area contributed by atoms with Crippen LogP contribution in [0.2, 0.25) is 5.28 Å². The van der Waals surface area contributed by atoms with Crippen molar-refractivity contribution in [1.29, 1.82) is 0 Å². The predicted molar refractivity (Wildman–Crippen MR) is 90.7 cm³/mol. The van der Waals surface area contributed by atoms with Crippen LogP contribution in [0, 0.1) is 0 Å². The Balaban J connectivity index is 2.08. The number of halogens is 2. The van der Waals surface area contributed by atoms with Crippen molar-refractivity contribution in [2.45, 2.75) is 19.8 Å². The van der Waals surface area contributed by atoms with E-state index in [1.54, 1.807) is 0 Å². The van der Waals surface area contributed by atoms with E-state index in [0.29, 0.717) is 11.8 Å². The molecule has 2 heterocycles. The molecule has 2 aromatic heterocycles. The normalized spacial score (nSPS) is 11.3. The van der Waals surface area contributed by atoms with E-state index in [4.69, 9.17) is 16.3 Å². The minimum Gasteiger partial charge on any atom is -0.438 e. The number of nitrogens with zero attached hydrogens (tertiary/aromatic N) is 2. The van der Waals surface area contributed by atoms with Gasteiger partial charge in [0.15, 0.2) is 0 Å². The monoisotopic (exact) mass is 382 g/mol. The lowest BCUT2D eigenvalue weighted by Gasteiger charge is -2.14. The Bertz CT molecular complexity index is 803. The van der Waals surface area contributed by atoms with Crippen LogP contribution in [0.1, 0.15) is 25.3 Å². The molecule has 0 radical (unpaired) electrons. The summed E-state index contributed by atoms with van der Waals surface area (Å²) in [7, 11) is 0. The molecule has 0 aliphatic carbocycles. The topological polar surface area (TPSA) is 35.0 Å². The van der Waals surface area contributed by atoms with Crippen molar-refractivity contribution in [3.63, 3.8) is 0 Å². The maximum atomic E-state index is 6.03. The van der Waals surface area contributed by atoms with E-state index in [9.17, 15) is 0 Å². The average Bonchev–Trinajstić information content (AvgIpc) is 2.88. The fourth-order valence-electron chi connectivity index (χ4n) is 2.05. The van der Waals surface area contributed by atoms with Gasteiger partial charge in [-0.05, 0) is 52.7 Å². The van der Waals surface area contributed by atoms with Crippen molar-refractivity contribution in [2.24, 2.45) is 0 Å². The van der Waals surface area contributed by atoms with Gasteiger partial charge in [0.05, 0.1) is 5.39 Å². The summed E-state index contributed by atoms with van der Waals surface area (Å²) in [6.07, 6.45) is 0. The lowest BCUT2D eigenvalue weighted by molar-refractivity contribution is 0.459. The predicted octanol–water partition coefficient (Wildman–Crippen LogP) is 6.02. The summed E-state index contributed by atoms with van der Waals surface area (Å²) in [5.74, 6) is 1.62. The van der Waals surface area contributed by atoms with E-state index in [1.807, 2.05) is 23.6 Å². The lowest BCUT2D eigenvalue weighted by atomic mass is 10.0. The average molecular weight is 384 g/mol. The molecule has 0 saturated carbocycles. The van der Waals surface area contributed by atoms with Gasteiger partial charge in [-0.1, -0.05) is 29.8 Å². The second kappa shape index (κ2) is 5.91. The molecule has 3 aromatic rings. The van der Waals surface area contributed by atoms with Crippen LogP contribution in [0.15, 0.2) is 34.1 Å². The Morgan fingerprint density at radius 3 is 2.81 bits per heavy atom. The maximum Gasteiger partial charge on any atom is 0.232 e. The van der Waals surface area contributed by atoms with Gasteiger partial charge in [0.25, 0.3) is 0 Å². The molecular weight excluding hydrogens is 372 g/mol. The molecule has 0 spiro atoms. The van der Waals surface area contributed by atoms with Crippen LogP contribution in [-0.2, 0) is 0 Å². The molecule has 0 fully saturated rings. The summed E-state index contributed by atoms with van der Waals surface area (Å²) in [5.41, 5.74) is 1.11. The van der Waals surface area contributed by atoms with Gasteiger partial charge in [-0.2, -0.15) is 4.98 Å². The molecular formula is C15H12BrClN2OS.